The number of benzene rings is 1. The van der Waals surface area contributed by atoms with Gasteiger partial charge in [0.2, 0.25) is 0 Å². The molecule has 0 saturated heterocycles. The third kappa shape index (κ3) is 3.78. The van der Waals surface area contributed by atoms with E-state index in [0.717, 1.165) is 6.07 Å². The summed E-state index contributed by atoms with van der Waals surface area (Å²) in [4.78, 5) is 16.0. The lowest BCUT2D eigenvalue weighted by atomic mass is 10.2. The van der Waals surface area contributed by atoms with Crippen molar-refractivity contribution in [3.63, 3.8) is 0 Å². The summed E-state index contributed by atoms with van der Waals surface area (Å²) in [5, 5.41) is 2.52. The number of hydrogen-bond donors (Lipinski definition) is 2. The fourth-order valence-electron chi connectivity index (χ4n) is 1.62. The third-order valence-corrected chi connectivity index (χ3v) is 2.84. The fraction of sp³-hybridized carbons (Fsp3) is 0.0667. The number of nitrogens with one attached hydrogen (secondary N) is 1. The van der Waals surface area contributed by atoms with E-state index in [1.54, 1.807) is 12.1 Å². The van der Waals surface area contributed by atoms with Gasteiger partial charge in [0.15, 0.2) is 0 Å². The molecule has 3 N–H and O–H groups in total. The summed E-state index contributed by atoms with van der Waals surface area (Å²) >= 11 is 5.83. The first kappa shape index (κ1) is 15.0. The van der Waals surface area contributed by atoms with Gasteiger partial charge in [-0.15, -0.1) is 0 Å². The molecule has 0 spiro atoms. The van der Waals surface area contributed by atoms with Crippen LogP contribution in [0.4, 0.5) is 10.2 Å². The van der Waals surface area contributed by atoms with Gasteiger partial charge in [0.05, 0.1) is 17.1 Å². The van der Waals surface area contributed by atoms with Gasteiger partial charge in [-0.2, -0.15) is 0 Å². The standard InChI is InChI=1S/C15H11ClFN3O/c16-11-4-1-5-12(17)14(11)15(21)20-13-9-10(3-2-7-18)6-8-19-13/h1,4-6,8-9H,7,18H2,(H,19,20,21). The van der Waals surface area contributed by atoms with Gasteiger partial charge in [-0.3, -0.25) is 4.79 Å². The summed E-state index contributed by atoms with van der Waals surface area (Å²) in [5.74, 6) is 4.39. The van der Waals surface area contributed by atoms with Crippen LogP contribution in [0.2, 0.25) is 5.02 Å². The molecule has 6 heteroatoms. The number of carbonyl (C=O) groups excluding carboxylic acids is 1. The summed E-state index contributed by atoms with van der Waals surface area (Å²) < 4.78 is 13.6. The number of rotatable bonds is 2. The van der Waals surface area contributed by atoms with Gasteiger partial charge in [0, 0.05) is 11.8 Å². The maximum absolute atomic E-state index is 13.6. The third-order valence-electron chi connectivity index (χ3n) is 2.53. The van der Waals surface area contributed by atoms with Gasteiger partial charge >= 0.3 is 0 Å². The first-order chi connectivity index (χ1) is 10.1. The van der Waals surface area contributed by atoms with Crippen LogP contribution >= 0.6 is 11.6 Å². The summed E-state index contributed by atoms with van der Waals surface area (Å²) in [7, 11) is 0. The Morgan fingerprint density at radius 3 is 2.95 bits per heavy atom. The van der Waals surface area contributed by atoms with E-state index in [9.17, 15) is 9.18 Å². The molecule has 1 aromatic carbocycles. The van der Waals surface area contributed by atoms with Crippen molar-refractivity contribution >= 4 is 23.3 Å². The van der Waals surface area contributed by atoms with Crippen LogP contribution in [0.25, 0.3) is 0 Å². The molecule has 4 nitrogen and oxygen atoms in total. The van der Waals surface area contributed by atoms with Gasteiger partial charge in [-0.1, -0.05) is 29.5 Å². The maximum atomic E-state index is 13.6. The van der Waals surface area contributed by atoms with Crippen molar-refractivity contribution in [3.05, 3.63) is 58.5 Å². The topological polar surface area (TPSA) is 68.0 Å². The summed E-state index contributed by atoms with van der Waals surface area (Å²) in [6, 6.07) is 7.27. The molecule has 0 atom stereocenters. The molecule has 0 unspecified atom stereocenters. The smallest absolute Gasteiger partial charge is 0.261 e. The Bertz CT molecular complexity index is 717. The lowest BCUT2D eigenvalue weighted by Crippen LogP contribution is -2.15. The van der Waals surface area contributed by atoms with Crippen LogP contribution in [0.15, 0.2) is 36.5 Å². The van der Waals surface area contributed by atoms with E-state index >= 15 is 0 Å². The van der Waals surface area contributed by atoms with Crippen molar-refractivity contribution < 1.29 is 9.18 Å². The van der Waals surface area contributed by atoms with Gasteiger partial charge in [0.1, 0.15) is 11.6 Å². The number of hydrogen-bond acceptors (Lipinski definition) is 3. The second-order valence-electron chi connectivity index (χ2n) is 3.99. The second-order valence-corrected chi connectivity index (χ2v) is 4.39. The zero-order valence-electron chi connectivity index (χ0n) is 10.9. The molecule has 0 aliphatic heterocycles. The zero-order chi connectivity index (χ0) is 15.2. The maximum Gasteiger partial charge on any atom is 0.261 e. The normalized spacial score (nSPS) is 9.67. The predicted octanol–water partition coefficient (Wildman–Crippen LogP) is 2.44. The molecule has 0 fully saturated rings. The molecular formula is C15H11ClFN3O. The highest BCUT2D eigenvalue weighted by Crippen LogP contribution is 2.20. The van der Waals surface area contributed by atoms with Crippen LogP contribution in [-0.2, 0) is 0 Å². The highest BCUT2D eigenvalue weighted by atomic mass is 35.5. The van der Waals surface area contributed by atoms with Crippen molar-refractivity contribution in [1.82, 2.24) is 4.98 Å². The van der Waals surface area contributed by atoms with E-state index in [0.29, 0.717) is 5.56 Å². The molecule has 0 saturated carbocycles. The fourth-order valence-corrected chi connectivity index (χ4v) is 1.87. The van der Waals surface area contributed by atoms with E-state index in [4.69, 9.17) is 17.3 Å². The number of nitrogens with zero attached hydrogens (tertiary/aromatic N) is 1. The average molecular weight is 304 g/mol. The minimum absolute atomic E-state index is 0.0339. The predicted molar refractivity (Wildman–Crippen MR) is 79.5 cm³/mol. The number of anilines is 1. The van der Waals surface area contributed by atoms with Crippen molar-refractivity contribution in [2.24, 2.45) is 5.73 Å². The van der Waals surface area contributed by atoms with E-state index < -0.39 is 11.7 Å². The number of aromatic nitrogens is 1. The van der Waals surface area contributed by atoms with Gasteiger partial charge in [0.25, 0.3) is 5.91 Å². The molecule has 106 valence electrons. The van der Waals surface area contributed by atoms with Crippen LogP contribution in [-0.4, -0.2) is 17.4 Å². The molecule has 2 rings (SSSR count). The minimum atomic E-state index is -0.695. The Labute approximate surface area is 126 Å². The van der Waals surface area contributed by atoms with Crippen molar-refractivity contribution in [3.8, 4) is 11.8 Å². The van der Waals surface area contributed by atoms with Gasteiger partial charge < -0.3 is 11.1 Å². The van der Waals surface area contributed by atoms with Crippen LogP contribution in [0.5, 0.6) is 0 Å². The zero-order valence-corrected chi connectivity index (χ0v) is 11.6. The molecule has 1 heterocycles. The number of amides is 1. The summed E-state index contributed by atoms with van der Waals surface area (Å²) in [5.41, 5.74) is 5.71. The lowest BCUT2D eigenvalue weighted by molar-refractivity contribution is 0.102. The molecule has 2 aromatic rings. The molecule has 21 heavy (non-hydrogen) atoms. The van der Waals surface area contributed by atoms with E-state index in [1.165, 1.54) is 18.3 Å². The highest BCUT2D eigenvalue weighted by Gasteiger charge is 2.16. The Kier molecular flexibility index (Phi) is 4.88. The number of carbonyl (C=O) groups is 1. The SMILES string of the molecule is NCC#Cc1ccnc(NC(=O)c2c(F)cccc2Cl)c1. The Balaban J connectivity index is 2.24. The van der Waals surface area contributed by atoms with Crippen molar-refractivity contribution in [2.75, 3.05) is 11.9 Å². The minimum Gasteiger partial charge on any atom is -0.320 e. The monoisotopic (exact) mass is 303 g/mol. The van der Waals surface area contributed by atoms with E-state index in [2.05, 4.69) is 22.1 Å². The van der Waals surface area contributed by atoms with Crippen LogP contribution in [0, 0.1) is 17.7 Å². The number of nitrogens with two attached hydrogens (primary N) is 1. The molecule has 0 bridgehead atoms. The average Bonchev–Trinajstić information content (AvgIpc) is 2.45. The molecule has 1 aromatic heterocycles. The lowest BCUT2D eigenvalue weighted by Gasteiger charge is -2.07. The summed E-state index contributed by atoms with van der Waals surface area (Å²) in [6.45, 7) is 0.231. The van der Waals surface area contributed by atoms with Gasteiger partial charge in [-0.05, 0) is 24.3 Å². The van der Waals surface area contributed by atoms with E-state index in [-0.39, 0.29) is 22.9 Å². The Morgan fingerprint density at radius 2 is 2.24 bits per heavy atom. The van der Waals surface area contributed by atoms with Crippen LogP contribution in [0.3, 0.4) is 0 Å². The number of halogens is 2. The summed E-state index contributed by atoms with van der Waals surface area (Å²) in [6.07, 6.45) is 1.49. The molecule has 1 amide bonds. The quantitative estimate of drug-likeness (QED) is 0.837. The van der Waals surface area contributed by atoms with Gasteiger partial charge in [-0.25, -0.2) is 9.37 Å². The largest absolute Gasteiger partial charge is 0.320 e. The van der Waals surface area contributed by atoms with E-state index in [1.807, 2.05) is 0 Å². The Morgan fingerprint density at radius 1 is 1.43 bits per heavy atom. The Hall–Kier alpha value is -2.42. The van der Waals surface area contributed by atoms with Crippen LogP contribution in [0.1, 0.15) is 15.9 Å². The second kappa shape index (κ2) is 6.84. The first-order valence-electron chi connectivity index (χ1n) is 6.02. The first-order valence-corrected chi connectivity index (χ1v) is 6.40. The molecule has 0 aliphatic rings. The molecular weight excluding hydrogens is 293 g/mol. The highest BCUT2D eigenvalue weighted by molar-refractivity contribution is 6.34. The van der Waals surface area contributed by atoms with Crippen molar-refractivity contribution in [1.29, 1.82) is 0 Å². The molecule has 0 aliphatic carbocycles. The van der Waals surface area contributed by atoms with Crippen molar-refractivity contribution in [2.45, 2.75) is 0 Å². The molecule has 0 radical (unpaired) electrons. The van der Waals surface area contributed by atoms with Crippen LogP contribution < -0.4 is 11.1 Å². The number of pyridine rings is 1.